The molecule has 0 unspecified atom stereocenters. The average Bonchev–Trinajstić information content (AvgIpc) is 3.46. The van der Waals surface area contributed by atoms with Gasteiger partial charge in [-0.2, -0.15) is 0 Å². The molecule has 0 bridgehead atoms. The Morgan fingerprint density at radius 3 is 2.72 bits per heavy atom. The molecule has 0 spiro atoms. The van der Waals surface area contributed by atoms with E-state index >= 15 is 0 Å². The van der Waals surface area contributed by atoms with E-state index in [1.54, 1.807) is 13.2 Å². The zero-order valence-corrected chi connectivity index (χ0v) is 19.7. The standard InChI is InChI=1S/C26H27NO4S/c1-15(2)21-12-22-18(13-30-25(22)9-16(21)3)10-19(29)11-26-27-23(14-32-26)24-8-7-20(31-24)6-5-17(4)28/h7-9,12-15H,5-6,10-11H2,1-4H3. The number of rotatable bonds is 9. The topological polar surface area (TPSA) is 73.3 Å². The highest BCUT2D eigenvalue weighted by Crippen LogP contribution is 2.30. The Balaban J connectivity index is 1.44. The molecule has 3 heterocycles. The Morgan fingerprint density at radius 1 is 1.16 bits per heavy atom. The number of hydrogen-bond acceptors (Lipinski definition) is 6. The van der Waals surface area contributed by atoms with Crippen LogP contribution in [0, 0.1) is 6.92 Å². The summed E-state index contributed by atoms with van der Waals surface area (Å²) in [6.07, 6.45) is 3.34. The predicted octanol–water partition coefficient (Wildman–Crippen LogP) is 6.46. The normalized spacial score (nSPS) is 11.5. The molecule has 4 aromatic rings. The Bertz CT molecular complexity index is 1270. The van der Waals surface area contributed by atoms with Gasteiger partial charge in [0.05, 0.1) is 12.7 Å². The maximum Gasteiger partial charge on any atom is 0.153 e. The lowest BCUT2D eigenvalue weighted by atomic mass is 9.95. The summed E-state index contributed by atoms with van der Waals surface area (Å²) in [5.41, 5.74) is 4.95. The number of aryl methyl sites for hydroxylation is 2. The number of carbonyl (C=O) groups excluding carboxylic acids is 2. The lowest BCUT2D eigenvalue weighted by molar-refractivity contribution is -0.118. The fraction of sp³-hybridized carbons (Fsp3) is 0.346. The molecule has 4 rings (SSSR count). The first kappa shape index (κ1) is 22.2. The van der Waals surface area contributed by atoms with E-state index in [0.717, 1.165) is 33.0 Å². The van der Waals surface area contributed by atoms with Gasteiger partial charge in [0, 0.05) is 35.6 Å². The molecule has 0 atom stereocenters. The molecule has 5 nitrogen and oxygen atoms in total. The van der Waals surface area contributed by atoms with E-state index in [1.165, 1.54) is 22.5 Å². The molecule has 32 heavy (non-hydrogen) atoms. The Morgan fingerprint density at radius 2 is 1.97 bits per heavy atom. The molecule has 0 aliphatic rings. The minimum atomic E-state index is 0.0989. The third-order valence-corrected chi connectivity index (χ3v) is 6.44. The number of benzene rings is 1. The summed E-state index contributed by atoms with van der Waals surface area (Å²) in [5.74, 6) is 2.08. The second-order valence-corrected chi connectivity index (χ2v) is 9.55. The van der Waals surface area contributed by atoms with Crippen molar-refractivity contribution >= 4 is 33.9 Å². The summed E-state index contributed by atoms with van der Waals surface area (Å²) < 4.78 is 11.5. The number of thiazole rings is 1. The van der Waals surface area contributed by atoms with Gasteiger partial charge in [-0.1, -0.05) is 13.8 Å². The van der Waals surface area contributed by atoms with Crippen LogP contribution in [0.1, 0.15) is 60.6 Å². The van der Waals surface area contributed by atoms with Gasteiger partial charge >= 0.3 is 0 Å². The van der Waals surface area contributed by atoms with Gasteiger partial charge in [0.25, 0.3) is 0 Å². The van der Waals surface area contributed by atoms with Gasteiger partial charge in [-0.15, -0.1) is 11.3 Å². The number of carbonyl (C=O) groups is 2. The quantitative estimate of drug-likeness (QED) is 0.293. The number of ketones is 2. The first-order valence-corrected chi connectivity index (χ1v) is 11.7. The van der Waals surface area contributed by atoms with Crippen molar-refractivity contribution in [2.75, 3.05) is 0 Å². The fourth-order valence-corrected chi connectivity index (χ4v) is 4.71. The summed E-state index contributed by atoms with van der Waals surface area (Å²) in [6.45, 7) is 8.01. The summed E-state index contributed by atoms with van der Waals surface area (Å²) in [6, 6.07) is 7.95. The molecule has 0 aliphatic heterocycles. The monoisotopic (exact) mass is 449 g/mol. The molecule has 0 fully saturated rings. The van der Waals surface area contributed by atoms with Gasteiger partial charge in [0.15, 0.2) is 5.76 Å². The first-order valence-electron chi connectivity index (χ1n) is 10.9. The maximum atomic E-state index is 12.8. The van der Waals surface area contributed by atoms with E-state index in [2.05, 4.69) is 37.9 Å². The van der Waals surface area contributed by atoms with Gasteiger partial charge in [0.2, 0.25) is 0 Å². The minimum absolute atomic E-state index is 0.0989. The number of aromatic nitrogens is 1. The van der Waals surface area contributed by atoms with Crippen molar-refractivity contribution in [1.29, 1.82) is 0 Å². The number of fused-ring (bicyclic) bond motifs is 1. The third kappa shape index (κ3) is 4.91. The molecule has 6 heteroatoms. The van der Waals surface area contributed by atoms with E-state index in [9.17, 15) is 9.59 Å². The highest BCUT2D eigenvalue weighted by atomic mass is 32.1. The van der Waals surface area contributed by atoms with Gasteiger partial charge in [-0.3, -0.25) is 4.79 Å². The molecule has 0 N–H and O–H groups in total. The summed E-state index contributed by atoms with van der Waals surface area (Å²) in [5, 5.41) is 3.68. The summed E-state index contributed by atoms with van der Waals surface area (Å²) >= 11 is 1.46. The van der Waals surface area contributed by atoms with Crippen LogP contribution in [0.3, 0.4) is 0 Å². The van der Waals surface area contributed by atoms with Crippen molar-refractivity contribution in [3.8, 4) is 11.5 Å². The number of Topliss-reactive ketones (excluding diaryl/α,β-unsaturated/α-hetero) is 2. The minimum Gasteiger partial charge on any atom is -0.464 e. The molecule has 0 amide bonds. The SMILES string of the molecule is CC(=O)CCc1ccc(-c2csc(CC(=O)Cc3coc4cc(C)c(C(C)C)cc34)n2)o1. The van der Waals surface area contributed by atoms with Gasteiger partial charge in [-0.05, 0) is 55.2 Å². The zero-order chi connectivity index (χ0) is 22.8. The van der Waals surface area contributed by atoms with Crippen LogP contribution in [0.15, 0.2) is 44.7 Å². The highest BCUT2D eigenvalue weighted by Gasteiger charge is 2.16. The number of furan rings is 2. The number of nitrogens with zero attached hydrogens (tertiary/aromatic N) is 1. The van der Waals surface area contributed by atoms with Gasteiger partial charge in [0.1, 0.15) is 33.6 Å². The molecule has 0 saturated carbocycles. The highest BCUT2D eigenvalue weighted by molar-refractivity contribution is 7.10. The van der Waals surface area contributed by atoms with E-state index in [1.807, 2.05) is 17.5 Å². The van der Waals surface area contributed by atoms with E-state index in [4.69, 9.17) is 8.83 Å². The maximum absolute atomic E-state index is 12.8. The van der Waals surface area contributed by atoms with Crippen LogP contribution in [-0.4, -0.2) is 16.6 Å². The Labute approximate surface area is 191 Å². The van der Waals surface area contributed by atoms with Crippen LogP contribution < -0.4 is 0 Å². The zero-order valence-electron chi connectivity index (χ0n) is 18.9. The van der Waals surface area contributed by atoms with Crippen molar-refractivity contribution in [1.82, 2.24) is 4.98 Å². The molecule has 3 aromatic heterocycles. The van der Waals surface area contributed by atoms with Crippen LogP contribution in [0.4, 0.5) is 0 Å². The predicted molar refractivity (Wildman–Crippen MR) is 126 cm³/mol. The lowest BCUT2D eigenvalue weighted by Crippen LogP contribution is -2.06. The van der Waals surface area contributed by atoms with Crippen LogP contribution in [-0.2, 0) is 28.9 Å². The molecule has 1 aromatic carbocycles. The van der Waals surface area contributed by atoms with Gasteiger partial charge < -0.3 is 13.6 Å². The van der Waals surface area contributed by atoms with Gasteiger partial charge in [-0.25, -0.2) is 4.98 Å². The van der Waals surface area contributed by atoms with Crippen LogP contribution in [0.2, 0.25) is 0 Å². The molecule has 166 valence electrons. The van der Waals surface area contributed by atoms with Crippen LogP contribution in [0.5, 0.6) is 0 Å². The van der Waals surface area contributed by atoms with Crippen molar-refractivity contribution in [2.45, 2.75) is 59.3 Å². The second-order valence-electron chi connectivity index (χ2n) is 8.61. The van der Waals surface area contributed by atoms with Crippen molar-refractivity contribution in [2.24, 2.45) is 0 Å². The van der Waals surface area contributed by atoms with Crippen LogP contribution in [0.25, 0.3) is 22.4 Å². The largest absolute Gasteiger partial charge is 0.464 e. The van der Waals surface area contributed by atoms with E-state index in [0.29, 0.717) is 30.9 Å². The van der Waals surface area contributed by atoms with Crippen LogP contribution >= 0.6 is 11.3 Å². The summed E-state index contributed by atoms with van der Waals surface area (Å²) in [4.78, 5) is 28.5. The Hall–Kier alpha value is -2.99. The molecule has 0 radical (unpaired) electrons. The molecule has 0 aliphatic carbocycles. The number of hydrogen-bond donors (Lipinski definition) is 0. The molecule has 0 saturated heterocycles. The van der Waals surface area contributed by atoms with Crippen molar-refractivity contribution in [3.05, 3.63) is 63.4 Å². The third-order valence-electron chi connectivity index (χ3n) is 5.59. The van der Waals surface area contributed by atoms with E-state index in [-0.39, 0.29) is 18.0 Å². The van der Waals surface area contributed by atoms with E-state index < -0.39 is 0 Å². The van der Waals surface area contributed by atoms with Crippen molar-refractivity contribution in [3.63, 3.8) is 0 Å². The summed E-state index contributed by atoms with van der Waals surface area (Å²) in [7, 11) is 0. The fourth-order valence-electron chi connectivity index (χ4n) is 3.90. The lowest BCUT2D eigenvalue weighted by Gasteiger charge is -2.09. The molecular weight excluding hydrogens is 422 g/mol. The Kier molecular flexibility index (Phi) is 6.42. The van der Waals surface area contributed by atoms with Crippen molar-refractivity contribution < 1.29 is 18.4 Å². The smallest absolute Gasteiger partial charge is 0.153 e. The molecular formula is C26H27NO4S. The first-order chi connectivity index (χ1) is 15.3. The second kappa shape index (κ2) is 9.25. The average molecular weight is 450 g/mol.